The number of hydrogen-bond donors (Lipinski definition) is 3. The highest BCUT2D eigenvalue weighted by Gasteiger charge is 2.16. The molecule has 0 spiro atoms. The van der Waals surface area contributed by atoms with Crippen LogP contribution in [-0.2, 0) is 11.3 Å². The zero-order chi connectivity index (χ0) is 17.5. The number of nitrogens with zero attached hydrogens (tertiary/aromatic N) is 2. The normalized spacial score (nSPS) is 15.4. The van der Waals surface area contributed by atoms with Crippen molar-refractivity contribution in [3.63, 3.8) is 0 Å². The number of guanidine groups is 1. The summed E-state index contributed by atoms with van der Waals surface area (Å²) in [6, 6.07) is 7.04. The molecule has 8 heteroatoms. The molecular weight excluding hydrogens is 433 g/mol. The molecule has 138 valence electrons. The third-order valence-electron chi connectivity index (χ3n) is 4.17. The maximum Gasteiger partial charge on any atom is 0.251 e. The van der Waals surface area contributed by atoms with Crippen LogP contribution in [-0.4, -0.2) is 42.3 Å². The molecule has 1 fully saturated rings. The molecular formula is C17H26IN5O2. The number of carbonyl (C=O) groups excluding carboxylic acids is 2. The van der Waals surface area contributed by atoms with Gasteiger partial charge in [-0.1, -0.05) is 19.1 Å². The average molecular weight is 459 g/mol. The Labute approximate surface area is 165 Å². The minimum Gasteiger partial charge on any atom is -0.370 e. The van der Waals surface area contributed by atoms with Gasteiger partial charge in [0.25, 0.3) is 5.91 Å². The maximum atomic E-state index is 11.8. The molecule has 2 amide bonds. The molecule has 1 aliphatic rings. The summed E-state index contributed by atoms with van der Waals surface area (Å²) in [5, 5.41) is 2.45. The van der Waals surface area contributed by atoms with Crippen LogP contribution in [0.2, 0.25) is 0 Å². The van der Waals surface area contributed by atoms with E-state index >= 15 is 0 Å². The lowest BCUT2D eigenvalue weighted by atomic mass is 10.00. The number of nitrogens with one attached hydrogen (secondary N) is 1. The molecule has 1 aromatic rings. The fourth-order valence-corrected chi connectivity index (χ4v) is 2.54. The van der Waals surface area contributed by atoms with Crippen LogP contribution in [0.4, 0.5) is 0 Å². The largest absolute Gasteiger partial charge is 0.370 e. The predicted molar refractivity (Wildman–Crippen MR) is 109 cm³/mol. The van der Waals surface area contributed by atoms with E-state index < -0.39 is 5.91 Å². The summed E-state index contributed by atoms with van der Waals surface area (Å²) in [5.41, 5.74) is 12.5. The monoisotopic (exact) mass is 459 g/mol. The summed E-state index contributed by atoms with van der Waals surface area (Å²) in [5.74, 6) is 0.426. The van der Waals surface area contributed by atoms with Crippen molar-refractivity contribution >= 4 is 41.8 Å². The summed E-state index contributed by atoms with van der Waals surface area (Å²) in [7, 11) is 0. The van der Waals surface area contributed by atoms with Gasteiger partial charge in [0.05, 0.1) is 13.1 Å². The van der Waals surface area contributed by atoms with Crippen molar-refractivity contribution < 1.29 is 9.59 Å². The first-order chi connectivity index (χ1) is 11.5. The van der Waals surface area contributed by atoms with Gasteiger partial charge in [0.15, 0.2) is 5.96 Å². The Morgan fingerprint density at radius 3 is 2.36 bits per heavy atom. The van der Waals surface area contributed by atoms with Crippen molar-refractivity contribution in [2.75, 3.05) is 19.6 Å². The van der Waals surface area contributed by atoms with E-state index in [9.17, 15) is 9.59 Å². The van der Waals surface area contributed by atoms with Crippen molar-refractivity contribution in [3.05, 3.63) is 35.4 Å². The molecule has 0 unspecified atom stereocenters. The minimum atomic E-state index is -0.572. The Morgan fingerprint density at radius 1 is 1.20 bits per heavy atom. The Hall–Kier alpha value is -1.84. The Morgan fingerprint density at radius 2 is 1.80 bits per heavy atom. The number of carbonyl (C=O) groups is 2. The number of amides is 2. The number of aliphatic imine (C=N–C) groups is 1. The molecule has 0 aliphatic carbocycles. The zero-order valence-electron chi connectivity index (χ0n) is 14.4. The van der Waals surface area contributed by atoms with Gasteiger partial charge in [-0.15, -0.1) is 24.0 Å². The van der Waals surface area contributed by atoms with E-state index in [1.807, 2.05) is 12.1 Å². The molecule has 1 heterocycles. The molecule has 25 heavy (non-hydrogen) atoms. The number of primary amides is 1. The molecule has 0 atom stereocenters. The highest BCUT2D eigenvalue weighted by Crippen LogP contribution is 2.15. The van der Waals surface area contributed by atoms with Crippen LogP contribution < -0.4 is 16.8 Å². The van der Waals surface area contributed by atoms with Crippen LogP contribution in [0.15, 0.2) is 29.3 Å². The number of likely N-dealkylation sites (tertiary alicyclic amines) is 1. The second-order valence-corrected chi connectivity index (χ2v) is 6.19. The molecule has 5 N–H and O–H groups in total. The molecule has 2 rings (SSSR count). The highest BCUT2D eigenvalue weighted by atomic mass is 127. The molecule has 1 aliphatic heterocycles. The molecule has 0 radical (unpaired) electrons. The summed E-state index contributed by atoms with van der Waals surface area (Å²) >= 11 is 0. The van der Waals surface area contributed by atoms with E-state index in [0.717, 1.165) is 37.4 Å². The third-order valence-corrected chi connectivity index (χ3v) is 4.17. The number of hydrogen-bond acceptors (Lipinski definition) is 3. The molecule has 1 aromatic carbocycles. The van der Waals surface area contributed by atoms with E-state index in [1.165, 1.54) is 0 Å². The summed E-state index contributed by atoms with van der Waals surface area (Å²) in [6.45, 7) is 4.47. The third kappa shape index (κ3) is 6.89. The van der Waals surface area contributed by atoms with E-state index in [1.54, 1.807) is 12.1 Å². The van der Waals surface area contributed by atoms with Gasteiger partial charge in [-0.3, -0.25) is 9.59 Å². The van der Waals surface area contributed by atoms with Crippen LogP contribution in [0, 0.1) is 5.92 Å². The van der Waals surface area contributed by atoms with Gasteiger partial charge in [-0.05, 0) is 36.5 Å². The number of halogens is 1. The number of nitrogens with two attached hydrogens (primary N) is 2. The second-order valence-electron chi connectivity index (χ2n) is 6.19. The highest BCUT2D eigenvalue weighted by molar-refractivity contribution is 14.0. The number of piperidine rings is 1. The van der Waals surface area contributed by atoms with Crippen LogP contribution in [0.25, 0.3) is 0 Å². The summed E-state index contributed by atoms with van der Waals surface area (Å²) in [6.07, 6.45) is 2.29. The van der Waals surface area contributed by atoms with Gasteiger partial charge >= 0.3 is 0 Å². The number of benzene rings is 1. The van der Waals surface area contributed by atoms with Crippen molar-refractivity contribution in [1.29, 1.82) is 0 Å². The van der Waals surface area contributed by atoms with Crippen LogP contribution >= 0.6 is 24.0 Å². The van der Waals surface area contributed by atoms with Crippen LogP contribution in [0.3, 0.4) is 0 Å². The van der Waals surface area contributed by atoms with E-state index in [4.69, 9.17) is 11.5 Å². The lowest BCUT2D eigenvalue weighted by Crippen LogP contribution is -2.42. The van der Waals surface area contributed by atoms with E-state index in [2.05, 4.69) is 22.1 Å². The van der Waals surface area contributed by atoms with Crippen molar-refractivity contribution in [3.8, 4) is 0 Å². The first kappa shape index (κ1) is 21.2. The number of rotatable bonds is 5. The quantitative estimate of drug-likeness (QED) is 0.347. The van der Waals surface area contributed by atoms with Gasteiger partial charge in [0.2, 0.25) is 5.91 Å². The molecule has 1 saturated heterocycles. The average Bonchev–Trinajstić information content (AvgIpc) is 2.58. The SMILES string of the molecule is CC1CCN(C(N)=NCc2ccc(C(=O)NCC(N)=O)cc2)CC1.I. The van der Waals surface area contributed by atoms with Gasteiger partial charge < -0.3 is 21.7 Å². The fraction of sp³-hybridized carbons (Fsp3) is 0.471. The smallest absolute Gasteiger partial charge is 0.251 e. The van der Waals surface area contributed by atoms with Crippen molar-refractivity contribution in [2.45, 2.75) is 26.3 Å². The molecule has 0 saturated carbocycles. The lowest BCUT2D eigenvalue weighted by Gasteiger charge is -2.31. The summed E-state index contributed by atoms with van der Waals surface area (Å²) < 4.78 is 0. The fourth-order valence-electron chi connectivity index (χ4n) is 2.54. The standard InChI is InChI=1S/C17H25N5O2.HI/c1-12-6-8-22(9-7-12)17(19)21-10-13-2-4-14(5-3-13)16(24)20-11-15(18)23;/h2-5,12H,6-11H2,1H3,(H2,18,23)(H2,19,21)(H,20,24);1H. The van der Waals surface area contributed by atoms with Crippen molar-refractivity contribution in [2.24, 2.45) is 22.4 Å². The predicted octanol–water partition coefficient (Wildman–Crippen LogP) is 1.07. The van der Waals surface area contributed by atoms with Gasteiger partial charge in [0, 0.05) is 18.7 Å². The van der Waals surface area contributed by atoms with E-state index in [-0.39, 0.29) is 36.4 Å². The first-order valence-corrected chi connectivity index (χ1v) is 8.16. The molecule has 0 aromatic heterocycles. The Kier molecular flexibility index (Phi) is 8.67. The van der Waals surface area contributed by atoms with Crippen LogP contribution in [0.1, 0.15) is 35.7 Å². The van der Waals surface area contributed by atoms with Gasteiger partial charge in [-0.2, -0.15) is 0 Å². The van der Waals surface area contributed by atoms with Gasteiger partial charge in [0.1, 0.15) is 0 Å². The lowest BCUT2D eigenvalue weighted by molar-refractivity contribution is -0.117. The topological polar surface area (TPSA) is 114 Å². The Bertz CT molecular complexity index is 610. The zero-order valence-corrected chi connectivity index (χ0v) is 16.7. The first-order valence-electron chi connectivity index (χ1n) is 8.16. The molecule has 0 bridgehead atoms. The summed E-state index contributed by atoms with van der Waals surface area (Å²) in [4.78, 5) is 29.0. The van der Waals surface area contributed by atoms with Crippen LogP contribution in [0.5, 0.6) is 0 Å². The second kappa shape index (κ2) is 10.2. The van der Waals surface area contributed by atoms with Crippen molar-refractivity contribution in [1.82, 2.24) is 10.2 Å². The van der Waals surface area contributed by atoms with Gasteiger partial charge in [-0.25, -0.2) is 4.99 Å². The Balaban J connectivity index is 0.00000312. The van der Waals surface area contributed by atoms with E-state index in [0.29, 0.717) is 18.1 Å². The molecule has 7 nitrogen and oxygen atoms in total. The minimum absolute atomic E-state index is 0. The maximum absolute atomic E-state index is 11.8.